The average molecular weight is 219 g/mol. The summed E-state index contributed by atoms with van der Waals surface area (Å²) in [5.41, 5.74) is 1.03. The highest BCUT2D eigenvalue weighted by atomic mass is 16.1. The highest BCUT2D eigenvalue weighted by Crippen LogP contribution is 2.38. The molecule has 0 amide bonds. The third kappa shape index (κ3) is 2.02. The van der Waals surface area contributed by atoms with Crippen molar-refractivity contribution in [2.75, 3.05) is 13.1 Å². The van der Waals surface area contributed by atoms with E-state index in [4.69, 9.17) is 0 Å². The number of aromatic nitrogens is 2. The van der Waals surface area contributed by atoms with E-state index in [9.17, 15) is 4.79 Å². The zero-order chi connectivity index (χ0) is 11.0. The van der Waals surface area contributed by atoms with E-state index in [2.05, 4.69) is 15.3 Å². The molecule has 1 aromatic rings. The van der Waals surface area contributed by atoms with E-state index in [1.165, 1.54) is 12.8 Å². The standard InChI is InChI=1S/C12H17N3O/c16-11-7-10(8-1-2-8)14-12(15-11)9-3-5-13-6-4-9/h7-9,13H,1-6H2,(H,14,15,16). The Bertz CT molecular complexity index is 430. The summed E-state index contributed by atoms with van der Waals surface area (Å²) in [6.07, 6.45) is 4.55. The Hall–Kier alpha value is -1.16. The maximum Gasteiger partial charge on any atom is 0.251 e. The molecule has 0 bridgehead atoms. The highest BCUT2D eigenvalue weighted by Gasteiger charge is 2.27. The van der Waals surface area contributed by atoms with Gasteiger partial charge < -0.3 is 10.3 Å². The lowest BCUT2D eigenvalue weighted by Gasteiger charge is -2.21. The molecule has 4 heteroatoms. The summed E-state index contributed by atoms with van der Waals surface area (Å²) in [7, 11) is 0. The van der Waals surface area contributed by atoms with Crippen molar-refractivity contribution in [3.05, 3.63) is 27.9 Å². The lowest BCUT2D eigenvalue weighted by Crippen LogP contribution is -2.28. The summed E-state index contributed by atoms with van der Waals surface area (Å²) in [4.78, 5) is 19.1. The van der Waals surface area contributed by atoms with Gasteiger partial charge in [0.15, 0.2) is 0 Å². The Kier molecular flexibility index (Phi) is 2.52. The van der Waals surface area contributed by atoms with Crippen LogP contribution in [0.2, 0.25) is 0 Å². The first kappa shape index (κ1) is 10.0. The predicted octanol–water partition coefficient (Wildman–Crippen LogP) is 1.11. The Morgan fingerprint density at radius 1 is 1.12 bits per heavy atom. The molecule has 2 N–H and O–H groups in total. The summed E-state index contributed by atoms with van der Waals surface area (Å²) < 4.78 is 0. The molecular formula is C12H17N3O. The van der Waals surface area contributed by atoms with Crippen molar-refractivity contribution >= 4 is 0 Å². The first-order valence-corrected chi connectivity index (χ1v) is 6.15. The molecule has 2 fully saturated rings. The van der Waals surface area contributed by atoms with Crippen molar-refractivity contribution < 1.29 is 0 Å². The maximum absolute atomic E-state index is 11.6. The van der Waals surface area contributed by atoms with Gasteiger partial charge in [0.2, 0.25) is 0 Å². The molecule has 86 valence electrons. The van der Waals surface area contributed by atoms with Crippen molar-refractivity contribution in [1.29, 1.82) is 0 Å². The summed E-state index contributed by atoms with van der Waals surface area (Å²) in [6, 6.07) is 1.67. The molecule has 1 saturated carbocycles. The molecule has 2 aliphatic rings. The van der Waals surface area contributed by atoms with E-state index in [0.717, 1.165) is 37.4 Å². The van der Waals surface area contributed by atoms with Gasteiger partial charge in [0.1, 0.15) is 5.82 Å². The van der Waals surface area contributed by atoms with E-state index in [-0.39, 0.29) is 5.56 Å². The van der Waals surface area contributed by atoms with Crippen molar-refractivity contribution in [3.8, 4) is 0 Å². The molecule has 3 rings (SSSR count). The predicted molar refractivity (Wildman–Crippen MR) is 61.7 cm³/mol. The smallest absolute Gasteiger partial charge is 0.251 e. The molecule has 1 aliphatic carbocycles. The van der Waals surface area contributed by atoms with Crippen LogP contribution in [0.1, 0.15) is 49.0 Å². The number of nitrogens with one attached hydrogen (secondary N) is 2. The number of piperidine rings is 1. The Morgan fingerprint density at radius 3 is 2.56 bits per heavy atom. The average Bonchev–Trinajstić information content (AvgIpc) is 3.13. The van der Waals surface area contributed by atoms with Crippen molar-refractivity contribution in [2.24, 2.45) is 0 Å². The summed E-state index contributed by atoms with van der Waals surface area (Å²) in [6.45, 7) is 2.06. The molecule has 0 aromatic carbocycles. The molecule has 0 unspecified atom stereocenters. The minimum Gasteiger partial charge on any atom is -0.317 e. The fraction of sp³-hybridized carbons (Fsp3) is 0.667. The van der Waals surface area contributed by atoms with Crippen molar-refractivity contribution in [1.82, 2.24) is 15.3 Å². The largest absolute Gasteiger partial charge is 0.317 e. The summed E-state index contributed by atoms with van der Waals surface area (Å²) in [5, 5.41) is 3.33. The molecule has 4 nitrogen and oxygen atoms in total. The minimum absolute atomic E-state index is 0.0189. The van der Waals surface area contributed by atoms with E-state index >= 15 is 0 Å². The summed E-state index contributed by atoms with van der Waals surface area (Å²) >= 11 is 0. The van der Waals surface area contributed by atoms with Crippen LogP contribution < -0.4 is 10.9 Å². The Balaban J connectivity index is 1.89. The first-order chi connectivity index (χ1) is 7.83. The molecule has 1 saturated heterocycles. The molecular weight excluding hydrogens is 202 g/mol. The van der Waals surface area contributed by atoms with Crippen LogP contribution in [0.15, 0.2) is 10.9 Å². The number of nitrogens with zero attached hydrogens (tertiary/aromatic N) is 1. The lowest BCUT2D eigenvalue weighted by molar-refractivity contribution is 0.443. The van der Waals surface area contributed by atoms with Gasteiger partial charge in [-0.05, 0) is 38.8 Å². The van der Waals surface area contributed by atoms with Gasteiger partial charge in [-0.25, -0.2) is 4.98 Å². The molecule has 0 spiro atoms. The van der Waals surface area contributed by atoms with Crippen LogP contribution in [-0.2, 0) is 0 Å². The maximum atomic E-state index is 11.6. The van der Waals surface area contributed by atoms with E-state index in [0.29, 0.717) is 11.8 Å². The van der Waals surface area contributed by atoms with Gasteiger partial charge in [-0.15, -0.1) is 0 Å². The van der Waals surface area contributed by atoms with Gasteiger partial charge in [0, 0.05) is 17.9 Å². The minimum atomic E-state index is 0.0189. The summed E-state index contributed by atoms with van der Waals surface area (Å²) in [5.74, 6) is 1.91. The van der Waals surface area contributed by atoms with Crippen LogP contribution >= 0.6 is 0 Å². The number of aromatic amines is 1. The van der Waals surface area contributed by atoms with Crippen LogP contribution in [0.25, 0.3) is 0 Å². The molecule has 0 atom stereocenters. The van der Waals surface area contributed by atoms with E-state index in [1.807, 2.05) is 0 Å². The van der Waals surface area contributed by atoms with Crippen LogP contribution in [0.3, 0.4) is 0 Å². The van der Waals surface area contributed by atoms with Crippen molar-refractivity contribution in [2.45, 2.75) is 37.5 Å². The first-order valence-electron chi connectivity index (χ1n) is 6.15. The zero-order valence-corrected chi connectivity index (χ0v) is 9.33. The van der Waals surface area contributed by atoms with Crippen LogP contribution in [0.5, 0.6) is 0 Å². The third-order valence-corrected chi connectivity index (χ3v) is 3.50. The topological polar surface area (TPSA) is 57.8 Å². The van der Waals surface area contributed by atoms with Gasteiger partial charge in [-0.2, -0.15) is 0 Å². The van der Waals surface area contributed by atoms with Gasteiger partial charge in [0.05, 0.1) is 5.69 Å². The third-order valence-electron chi connectivity index (χ3n) is 3.50. The van der Waals surface area contributed by atoms with Gasteiger partial charge in [-0.3, -0.25) is 4.79 Å². The Labute approximate surface area is 94.5 Å². The molecule has 2 heterocycles. The van der Waals surface area contributed by atoms with Gasteiger partial charge >= 0.3 is 0 Å². The second-order valence-electron chi connectivity index (χ2n) is 4.85. The monoisotopic (exact) mass is 219 g/mol. The van der Waals surface area contributed by atoms with Crippen LogP contribution in [-0.4, -0.2) is 23.1 Å². The molecule has 0 radical (unpaired) electrons. The van der Waals surface area contributed by atoms with E-state index in [1.54, 1.807) is 6.07 Å². The molecule has 16 heavy (non-hydrogen) atoms. The van der Waals surface area contributed by atoms with Crippen molar-refractivity contribution in [3.63, 3.8) is 0 Å². The normalized spacial score (nSPS) is 22.2. The number of hydrogen-bond donors (Lipinski definition) is 2. The van der Waals surface area contributed by atoms with E-state index < -0.39 is 0 Å². The zero-order valence-electron chi connectivity index (χ0n) is 9.33. The van der Waals surface area contributed by atoms with Crippen LogP contribution in [0.4, 0.5) is 0 Å². The molecule has 1 aliphatic heterocycles. The molecule has 1 aromatic heterocycles. The number of rotatable bonds is 2. The fourth-order valence-electron chi connectivity index (χ4n) is 2.37. The fourth-order valence-corrected chi connectivity index (χ4v) is 2.37. The highest BCUT2D eigenvalue weighted by molar-refractivity contribution is 5.15. The van der Waals surface area contributed by atoms with Crippen LogP contribution in [0, 0.1) is 0 Å². The second-order valence-corrected chi connectivity index (χ2v) is 4.85. The number of hydrogen-bond acceptors (Lipinski definition) is 3. The van der Waals surface area contributed by atoms with Gasteiger partial charge in [0.25, 0.3) is 5.56 Å². The lowest BCUT2D eigenvalue weighted by atomic mass is 9.97. The number of H-pyrrole nitrogens is 1. The van der Waals surface area contributed by atoms with Gasteiger partial charge in [-0.1, -0.05) is 0 Å². The second kappa shape index (κ2) is 4.01. The SMILES string of the molecule is O=c1cc(C2CC2)nc(C2CCNCC2)[nH]1. The Morgan fingerprint density at radius 2 is 1.88 bits per heavy atom. The quantitative estimate of drug-likeness (QED) is 0.783.